The van der Waals surface area contributed by atoms with Gasteiger partial charge in [-0.1, -0.05) is 26.2 Å². The summed E-state index contributed by atoms with van der Waals surface area (Å²) >= 11 is 0. The lowest BCUT2D eigenvalue weighted by atomic mass is 9.50. The molecule has 50 heavy (non-hydrogen) atoms. The van der Waals surface area contributed by atoms with E-state index in [-0.39, 0.29) is 53.5 Å². The van der Waals surface area contributed by atoms with E-state index in [1.807, 2.05) is 11.8 Å². The number of phenols is 1. The number of halogens is 12. The maximum Gasteiger partial charge on any atom is 0.460 e. The predicted molar refractivity (Wildman–Crippen MR) is 162 cm³/mol. The molecular formula is C35H47F12NO2. The van der Waals surface area contributed by atoms with Crippen LogP contribution in [0.1, 0.15) is 108 Å². The fourth-order valence-corrected chi connectivity index (χ4v) is 9.13. The summed E-state index contributed by atoms with van der Waals surface area (Å²) in [5.74, 6) is -27.3. The van der Waals surface area contributed by atoms with Crippen molar-refractivity contribution in [2.24, 2.45) is 23.2 Å². The van der Waals surface area contributed by atoms with Gasteiger partial charge in [0.05, 0.1) is 5.60 Å². The van der Waals surface area contributed by atoms with Gasteiger partial charge in [-0.15, -0.1) is 0 Å². The first-order chi connectivity index (χ1) is 22.8. The number of unbranched alkanes of at least 4 members (excludes halogenated alkanes) is 4. The van der Waals surface area contributed by atoms with E-state index >= 15 is 4.39 Å². The SMILES string of the molecule is CN(CCCCC[C@@H]1Cc2cc(O)cc(F)c2[C@H]2CC[C@@]3(C)[C@@H](CC[C@]3(C)O)[C@H]12)CCCCCC(F)(F)C(F)(F)C(F)(F)C(F)(F)C(F)(F)F. The Morgan fingerprint density at radius 3 is 1.98 bits per heavy atom. The van der Waals surface area contributed by atoms with Crippen LogP contribution in [0, 0.1) is 29.0 Å². The summed E-state index contributed by atoms with van der Waals surface area (Å²) in [4.78, 5) is 1.86. The van der Waals surface area contributed by atoms with Gasteiger partial charge in [0, 0.05) is 12.5 Å². The van der Waals surface area contributed by atoms with Gasteiger partial charge in [0.15, 0.2) is 0 Å². The molecule has 0 spiro atoms. The maximum atomic E-state index is 15.2. The van der Waals surface area contributed by atoms with Gasteiger partial charge in [-0.25, -0.2) is 4.39 Å². The van der Waals surface area contributed by atoms with E-state index in [9.17, 15) is 58.5 Å². The Hall–Kier alpha value is -1.90. The molecule has 1 aromatic carbocycles. The molecule has 0 heterocycles. The molecule has 0 aliphatic heterocycles. The second-order valence-corrected chi connectivity index (χ2v) is 15.4. The smallest absolute Gasteiger partial charge is 0.460 e. The van der Waals surface area contributed by atoms with Crippen LogP contribution in [0.15, 0.2) is 12.1 Å². The first kappa shape index (κ1) is 40.9. The van der Waals surface area contributed by atoms with E-state index in [0.717, 1.165) is 50.5 Å². The molecule has 0 aromatic heterocycles. The molecule has 2 N–H and O–H groups in total. The highest BCUT2D eigenvalue weighted by molar-refractivity contribution is 5.42. The quantitative estimate of drug-likeness (QED) is 0.139. The van der Waals surface area contributed by atoms with E-state index in [1.165, 1.54) is 6.07 Å². The van der Waals surface area contributed by atoms with Crippen molar-refractivity contribution in [2.75, 3.05) is 20.1 Å². The first-order valence-electron chi connectivity index (χ1n) is 17.3. The molecule has 0 radical (unpaired) electrons. The molecule has 0 bridgehead atoms. The number of aliphatic hydroxyl groups is 1. The predicted octanol–water partition coefficient (Wildman–Crippen LogP) is 10.5. The number of fused-ring (bicyclic) bond motifs is 5. The highest BCUT2D eigenvalue weighted by Gasteiger charge is 2.86. The zero-order chi connectivity index (χ0) is 37.7. The van der Waals surface area contributed by atoms with Gasteiger partial charge in [-0.05, 0) is 131 Å². The van der Waals surface area contributed by atoms with E-state index in [0.29, 0.717) is 31.5 Å². The molecular weight excluding hydrogens is 694 g/mol. The minimum atomic E-state index is -7.36. The molecule has 0 unspecified atom stereocenters. The Bertz CT molecular complexity index is 1330. The van der Waals surface area contributed by atoms with Crippen LogP contribution >= 0.6 is 0 Å². The first-order valence-corrected chi connectivity index (χ1v) is 17.3. The van der Waals surface area contributed by atoms with Gasteiger partial charge in [-0.2, -0.15) is 48.3 Å². The maximum absolute atomic E-state index is 15.2. The van der Waals surface area contributed by atoms with Crippen molar-refractivity contribution in [3.8, 4) is 5.75 Å². The summed E-state index contributed by atoms with van der Waals surface area (Å²) < 4.78 is 160. The highest BCUT2D eigenvalue weighted by atomic mass is 19.4. The van der Waals surface area contributed by atoms with Crippen molar-refractivity contribution in [2.45, 2.75) is 139 Å². The average Bonchev–Trinajstić information content (AvgIpc) is 3.23. The summed E-state index contributed by atoms with van der Waals surface area (Å²) in [5.41, 5.74) is 0.443. The molecule has 1 aromatic rings. The van der Waals surface area contributed by atoms with Crippen LogP contribution in [0.4, 0.5) is 52.7 Å². The third kappa shape index (κ3) is 7.20. The molecule has 3 aliphatic carbocycles. The van der Waals surface area contributed by atoms with Crippen LogP contribution in [0.5, 0.6) is 5.75 Å². The van der Waals surface area contributed by atoms with E-state index in [2.05, 4.69) is 6.92 Å². The fourth-order valence-electron chi connectivity index (χ4n) is 9.13. The lowest BCUT2D eigenvalue weighted by molar-refractivity contribution is -0.422. The van der Waals surface area contributed by atoms with E-state index in [4.69, 9.17) is 0 Å². The van der Waals surface area contributed by atoms with Crippen LogP contribution in [0.25, 0.3) is 0 Å². The number of hydrogen-bond acceptors (Lipinski definition) is 3. The highest BCUT2D eigenvalue weighted by Crippen LogP contribution is 2.66. The standard InChI is InChI=1S/C35H47F12NO2/c1-29-14-11-24-27(25(29)12-15-30(29,2)50)21(18-22-19-23(49)20-26(36)28(22)24)10-6-4-8-16-48(3)17-9-5-7-13-31(37,38)32(39,40)33(41,42)34(43,44)35(45,46)47/h19-21,24-25,27,49-50H,4-18H2,1-3H3/t21-,24+,25+,27-,29+,30+/m1/s1. The molecule has 0 amide bonds. The number of aromatic hydroxyl groups is 1. The Kier molecular flexibility index (Phi) is 11.6. The summed E-state index contributed by atoms with van der Waals surface area (Å²) in [6, 6.07) is 2.83. The molecule has 15 heteroatoms. The minimum Gasteiger partial charge on any atom is -0.508 e. The Morgan fingerprint density at radius 2 is 1.38 bits per heavy atom. The summed E-state index contributed by atoms with van der Waals surface area (Å²) in [5, 5.41) is 21.4. The number of alkyl halides is 11. The lowest BCUT2D eigenvalue weighted by Crippen LogP contribution is -2.66. The Balaban J connectivity index is 1.24. The molecule has 0 saturated heterocycles. The van der Waals surface area contributed by atoms with Crippen LogP contribution in [-0.4, -0.2) is 70.7 Å². The molecule has 2 fully saturated rings. The number of nitrogens with zero attached hydrogens (tertiary/aromatic N) is 1. The van der Waals surface area contributed by atoms with Crippen LogP contribution in [-0.2, 0) is 6.42 Å². The van der Waals surface area contributed by atoms with Crippen molar-refractivity contribution in [3.05, 3.63) is 29.1 Å². The van der Waals surface area contributed by atoms with Crippen molar-refractivity contribution in [1.82, 2.24) is 4.90 Å². The zero-order valence-corrected chi connectivity index (χ0v) is 28.4. The third-order valence-electron chi connectivity index (χ3n) is 12.2. The Morgan fingerprint density at radius 1 is 0.780 bits per heavy atom. The lowest BCUT2D eigenvalue weighted by Gasteiger charge is -2.55. The van der Waals surface area contributed by atoms with Crippen molar-refractivity contribution in [1.29, 1.82) is 0 Å². The largest absolute Gasteiger partial charge is 0.508 e. The number of rotatable bonds is 15. The van der Waals surface area contributed by atoms with E-state index in [1.54, 1.807) is 13.1 Å². The zero-order valence-electron chi connectivity index (χ0n) is 28.4. The van der Waals surface area contributed by atoms with Crippen LogP contribution in [0.3, 0.4) is 0 Å². The minimum absolute atomic E-state index is 0.00552. The molecule has 288 valence electrons. The Labute approximate surface area is 284 Å². The molecule has 3 aliphatic rings. The van der Waals surface area contributed by atoms with Gasteiger partial charge in [0.25, 0.3) is 0 Å². The molecule has 3 nitrogen and oxygen atoms in total. The summed E-state index contributed by atoms with van der Waals surface area (Å²) in [6.45, 7) is 4.96. The molecule has 2 saturated carbocycles. The number of benzene rings is 1. The van der Waals surface area contributed by atoms with Crippen molar-refractivity contribution < 1.29 is 62.9 Å². The van der Waals surface area contributed by atoms with Crippen LogP contribution < -0.4 is 0 Å². The average molecular weight is 742 g/mol. The molecule has 6 atom stereocenters. The van der Waals surface area contributed by atoms with Gasteiger partial charge >= 0.3 is 29.9 Å². The summed E-state index contributed by atoms with van der Waals surface area (Å²) in [6.07, 6.45) is -2.92. The van der Waals surface area contributed by atoms with Gasteiger partial charge in [-0.3, -0.25) is 0 Å². The second-order valence-electron chi connectivity index (χ2n) is 15.4. The van der Waals surface area contributed by atoms with E-state index < -0.39 is 48.3 Å². The van der Waals surface area contributed by atoms with Crippen molar-refractivity contribution >= 4 is 0 Å². The molecule has 4 rings (SSSR count). The van der Waals surface area contributed by atoms with Gasteiger partial charge < -0.3 is 15.1 Å². The third-order valence-corrected chi connectivity index (χ3v) is 12.2. The topological polar surface area (TPSA) is 43.7 Å². The second kappa shape index (κ2) is 14.2. The monoisotopic (exact) mass is 741 g/mol. The van der Waals surface area contributed by atoms with Gasteiger partial charge in [0.1, 0.15) is 11.6 Å². The van der Waals surface area contributed by atoms with Crippen molar-refractivity contribution in [3.63, 3.8) is 0 Å². The van der Waals surface area contributed by atoms with Crippen LogP contribution in [0.2, 0.25) is 0 Å². The van der Waals surface area contributed by atoms with Gasteiger partial charge in [0.2, 0.25) is 0 Å². The number of phenolic OH excluding ortho intramolecular Hbond substituents is 1. The normalized spacial score (nSPS) is 29.2. The number of hydrogen-bond donors (Lipinski definition) is 2. The fraction of sp³-hybridized carbons (Fsp3) is 0.829. The summed E-state index contributed by atoms with van der Waals surface area (Å²) in [7, 11) is 1.74.